The lowest BCUT2D eigenvalue weighted by Crippen LogP contribution is -1.92. The molecule has 0 saturated heterocycles. The third kappa shape index (κ3) is 4.42. The SMILES string of the molecule is Cc1cc(-c2nc3ncccc3o2)cc(C)c1-c1ccc2c3c(-c4ccccc4)c4c(cc5c6ccccc6c6cccc4c65)c(-c4ccccc4)c3c3cccc1c32. The van der Waals surface area contributed by atoms with Crippen molar-refractivity contribution in [3.8, 4) is 44.8 Å². The van der Waals surface area contributed by atoms with Gasteiger partial charge in [-0.3, -0.25) is 0 Å². The van der Waals surface area contributed by atoms with E-state index in [9.17, 15) is 0 Å². The molecule has 0 aliphatic rings. The van der Waals surface area contributed by atoms with Crippen molar-refractivity contribution >= 4 is 86.6 Å². The molecule has 0 aliphatic heterocycles. The van der Waals surface area contributed by atoms with Crippen LogP contribution >= 0.6 is 0 Å². The minimum absolute atomic E-state index is 0.590. The summed E-state index contributed by atoms with van der Waals surface area (Å²) in [5, 5.41) is 18.2. The highest BCUT2D eigenvalue weighted by Gasteiger charge is 2.27. The van der Waals surface area contributed by atoms with E-state index in [0.29, 0.717) is 17.1 Å². The van der Waals surface area contributed by atoms with Crippen LogP contribution < -0.4 is 0 Å². The Morgan fingerprint density at radius 3 is 1.68 bits per heavy atom. The fourth-order valence-corrected chi connectivity index (χ4v) is 10.6. The fraction of sp³-hybridized carbons (Fsp3) is 0.0357. The summed E-state index contributed by atoms with van der Waals surface area (Å²) in [7, 11) is 0. The second-order valence-corrected chi connectivity index (χ2v) is 16.1. The van der Waals surface area contributed by atoms with E-state index in [1.54, 1.807) is 6.20 Å². The number of aromatic nitrogens is 2. The van der Waals surface area contributed by atoms with Gasteiger partial charge in [0.15, 0.2) is 11.2 Å². The number of rotatable bonds is 4. The molecule has 2 heterocycles. The summed E-state index contributed by atoms with van der Waals surface area (Å²) in [6.45, 7) is 4.41. The molecular formula is C56H34N2O. The molecule has 0 aliphatic carbocycles. The quantitative estimate of drug-likeness (QED) is 0.168. The van der Waals surface area contributed by atoms with Crippen LogP contribution in [0.3, 0.4) is 0 Å². The fourth-order valence-electron chi connectivity index (χ4n) is 10.6. The van der Waals surface area contributed by atoms with Gasteiger partial charge in [-0.15, -0.1) is 0 Å². The van der Waals surface area contributed by atoms with E-state index < -0.39 is 0 Å². The number of hydrogen-bond acceptors (Lipinski definition) is 3. The maximum atomic E-state index is 6.17. The Morgan fingerprint density at radius 2 is 0.949 bits per heavy atom. The van der Waals surface area contributed by atoms with Crippen LogP contribution in [-0.2, 0) is 0 Å². The average molecular weight is 751 g/mol. The summed E-state index contributed by atoms with van der Waals surface area (Å²) in [5.74, 6) is 0.590. The van der Waals surface area contributed by atoms with Gasteiger partial charge in [0.25, 0.3) is 0 Å². The second kappa shape index (κ2) is 12.0. The van der Waals surface area contributed by atoms with Crippen molar-refractivity contribution in [2.24, 2.45) is 0 Å². The minimum atomic E-state index is 0.590. The normalized spacial score (nSPS) is 12.2. The van der Waals surface area contributed by atoms with E-state index in [0.717, 1.165) is 5.56 Å². The van der Waals surface area contributed by atoms with Crippen LogP contribution in [0.15, 0.2) is 174 Å². The van der Waals surface area contributed by atoms with Gasteiger partial charge in [-0.1, -0.05) is 133 Å². The van der Waals surface area contributed by atoms with Gasteiger partial charge in [-0.05, 0) is 164 Å². The third-order valence-corrected chi connectivity index (χ3v) is 12.9. The summed E-state index contributed by atoms with van der Waals surface area (Å²) in [4.78, 5) is 9.14. The Labute approximate surface area is 339 Å². The Balaban J connectivity index is 1.19. The predicted octanol–water partition coefficient (Wildman–Crippen LogP) is 15.5. The van der Waals surface area contributed by atoms with E-state index in [-0.39, 0.29) is 0 Å². The predicted molar refractivity (Wildman–Crippen MR) is 248 cm³/mol. The lowest BCUT2D eigenvalue weighted by molar-refractivity contribution is 0.619. The van der Waals surface area contributed by atoms with Crippen molar-refractivity contribution in [2.45, 2.75) is 13.8 Å². The average Bonchev–Trinajstić information content (AvgIpc) is 3.96. The first kappa shape index (κ1) is 32.5. The van der Waals surface area contributed by atoms with Gasteiger partial charge in [-0.2, -0.15) is 4.98 Å². The number of hydrogen-bond donors (Lipinski definition) is 0. The molecule has 13 rings (SSSR count). The van der Waals surface area contributed by atoms with Gasteiger partial charge in [0, 0.05) is 11.8 Å². The highest BCUT2D eigenvalue weighted by molar-refractivity contribution is 6.45. The minimum Gasteiger partial charge on any atom is -0.434 e. The summed E-state index contributed by atoms with van der Waals surface area (Å²) in [6.07, 6.45) is 1.75. The number of nitrogens with zero attached hydrogens (tertiary/aromatic N) is 2. The first-order chi connectivity index (χ1) is 29.1. The molecule has 3 heteroatoms. The van der Waals surface area contributed by atoms with Gasteiger partial charge >= 0.3 is 0 Å². The van der Waals surface area contributed by atoms with E-state index in [4.69, 9.17) is 9.40 Å². The summed E-state index contributed by atoms with van der Waals surface area (Å²) in [5.41, 5.74) is 12.1. The van der Waals surface area contributed by atoms with Crippen LogP contribution in [0.4, 0.5) is 0 Å². The molecule has 0 N–H and O–H groups in total. The van der Waals surface area contributed by atoms with Crippen molar-refractivity contribution in [3.05, 3.63) is 181 Å². The van der Waals surface area contributed by atoms with E-state index in [1.807, 2.05) is 12.1 Å². The molecule has 0 saturated carbocycles. The molecule has 0 atom stereocenters. The molecule has 0 unspecified atom stereocenters. The van der Waals surface area contributed by atoms with E-state index in [1.165, 1.54) is 120 Å². The molecule has 11 aromatic carbocycles. The molecular weight excluding hydrogens is 717 g/mol. The number of pyridine rings is 1. The standard InChI is InChI=1S/C56H34N2O/c1-31-28-35(56-58-55-46(59-56)24-13-27-57-55)29-32(2)47(31)40-25-26-43-50-39(40)21-12-23-42(50)53-48(33-14-5-3-6-15-33)45-30-44-37-19-10-9-18-36(37)38-20-11-22-41(51(38)44)52(45)49(54(43)53)34-16-7-4-8-17-34/h3-30H,1-2H3. The van der Waals surface area contributed by atoms with Crippen LogP contribution in [0.2, 0.25) is 0 Å². The van der Waals surface area contributed by atoms with Gasteiger partial charge in [0.05, 0.1) is 0 Å². The summed E-state index contributed by atoms with van der Waals surface area (Å²) < 4.78 is 6.17. The first-order valence-electron chi connectivity index (χ1n) is 20.3. The second-order valence-electron chi connectivity index (χ2n) is 16.1. The number of aryl methyl sites for hydroxylation is 2. The molecule has 0 spiro atoms. The zero-order valence-electron chi connectivity index (χ0n) is 32.5. The highest BCUT2D eigenvalue weighted by Crippen LogP contribution is 2.55. The first-order valence-corrected chi connectivity index (χ1v) is 20.3. The Morgan fingerprint density at radius 1 is 0.373 bits per heavy atom. The highest BCUT2D eigenvalue weighted by atomic mass is 16.3. The molecule has 3 nitrogen and oxygen atoms in total. The third-order valence-electron chi connectivity index (χ3n) is 12.9. The molecule has 0 bridgehead atoms. The van der Waals surface area contributed by atoms with E-state index >= 15 is 0 Å². The largest absolute Gasteiger partial charge is 0.434 e. The van der Waals surface area contributed by atoms with Crippen molar-refractivity contribution in [1.82, 2.24) is 9.97 Å². The summed E-state index contributed by atoms with van der Waals surface area (Å²) >= 11 is 0. The van der Waals surface area contributed by atoms with Gasteiger partial charge in [0.2, 0.25) is 5.89 Å². The summed E-state index contributed by atoms with van der Waals surface area (Å²) in [6, 6.07) is 60.4. The lowest BCUT2D eigenvalue weighted by Gasteiger charge is -2.19. The van der Waals surface area contributed by atoms with Crippen LogP contribution in [0.25, 0.3) is 131 Å². The molecule has 0 radical (unpaired) electrons. The molecule has 2 aromatic heterocycles. The van der Waals surface area contributed by atoms with Crippen molar-refractivity contribution in [1.29, 1.82) is 0 Å². The number of oxazole rings is 1. The Hall–Kier alpha value is -7.62. The lowest BCUT2D eigenvalue weighted by atomic mass is 9.84. The molecule has 13 aromatic rings. The van der Waals surface area contributed by atoms with Gasteiger partial charge in [0.1, 0.15) is 0 Å². The van der Waals surface area contributed by atoms with E-state index in [2.05, 4.69) is 170 Å². The van der Waals surface area contributed by atoms with Gasteiger partial charge in [-0.25, -0.2) is 4.98 Å². The van der Waals surface area contributed by atoms with Crippen LogP contribution in [-0.4, -0.2) is 9.97 Å². The van der Waals surface area contributed by atoms with Crippen LogP contribution in [0, 0.1) is 13.8 Å². The zero-order valence-corrected chi connectivity index (χ0v) is 32.5. The monoisotopic (exact) mass is 750 g/mol. The zero-order chi connectivity index (χ0) is 38.9. The molecule has 274 valence electrons. The van der Waals surface area contributed by atoms with Crippen molar-refractivity contribution in [2.75, 3.05) is 0 Å². The Kier molecular flexibility index (Phi) is 6.58. The van der Waals surface area contributed by atoms with Crippen molar-refractivity contribution < 1.29 is 4.42 Å². The van der Waals surface area contributed by atoms with Crippen LogP contribution in [0.5, 0.6) is 0 Å². The Bertz CT molecular complexity index is 3790. The molecule has 59 heavy (non-hydrogen) atoms. The maximum Gasteiger partial charge on any atom is 0.228 e. The maximum absolute atomic E-state index is 6.17. The smallest absolute Gasteiger partial charge is 0.228 e. The number of fused-ring (bicyclic) bond motifs is 9. The molecule has 0 fully saturated rings. The van der Waals surface area contributed by atoms with Crippen LogP contribution in [0.1, 0.15) is 11.1 Å². The number of benzene rings is 9. The van der Waals surface area contributed by atoms with Gasteiger partial charge < -0.3 is 4.42 Å². The topological polar surface area (TPSA) is 38.9 Å². The van der Waals surface area contributed by atoms with Crippen molar-refractivity contribution in [3.63, 3.8) is 0 Å². The molecule has 0 amide bonds.